The van der Waals surface area contributed by atoms with Crippen LogP contribution in [0.15, 0.2) is 53.7 Å². The molecular formula is C28H20ClF10N3O3. The Bertz CT molecular complexity index is 1660. The average Bonchev–Trinajstić information content (AvgIpc) is 3.39. The second-order valence-corrected chi connectivity index (χ2v) is 10.7. The van der Waals surface area contributed by atoms with Crippen molar-refractivity contribution in [3.8, 4) is 0 Å². The van der Waals surface area contributed by atoms with Gasteiger partial charge in [-0.1, -0.05) is 47.1 Å². The van der Waals surface area contributed by atoms with Gasteiger partial charge in [-0.25, -0.2) is 4.39 Å². The number of carbonyl (C=O) groups is 1. The smallest absolute Gasteiger partial charge is 0.374 e. The van der Waals surface area contributed by atoms with Crippen LogP contribution in [0.4, 0.5) is 43.9 Å². The summed E-state index contributed by atoms with van der Waals surface area (Å²) in [6, 6.07) is 8.31. The second kappa shape index (κ2) is 11.6. The van der Waals surface area contributed by atoms with Crippen LogP contribution >= 0.6 is 11.6 Å². The summed E-state index contributed by atoms with van der Waals surface area (Å²) in [5.41, 5.74) is -6.77. The van der Waals surface area contributed by atoms with Gasteiger partial charge in [0, 0.05) is 29.7 Å². The maximum Gasteiger partial charge on any atom is 0.435 e. The van der Waals surface area contributed by atoms with E-state index in [9.17, 15) is 48.7 Å². The highest BCUT2D eigenvalue weighted by Crippen LogP contribution is 2.51. The Labute approximate surface area is 252 Å². The van der Waals surface area contributed by atoms with Crippen LogP contribution in [0.25, 0.3) is 10.8 Å². The highest BCUT2D eigenvalue weighted by atomic mass is 35.5. The lowest BCUT2D eigenvalue weighted by Crippen LogP contribution is -2.59. The summed E-state index contributed by atoms with van der Waals surface area (Å²) in [5.74, 6) is -2.60. The molecule has 45 heavy (non-hydrogen) atoms. The summed E-state index contributed by atoms with van der Waals surface area (Å²) >= 11 is 5.56. The molecule has 2 unspecified atom stereocenters. The lowest BCUT2D eigenvalue weighted by Gasteiger charge is -2.37. The molecule has 2 aliphatic heterocycles. The Kier molecular flexibility index (Phi) is 8.46. The van der Waals surface area contributed by atoms with Crippen molar-refractivity contribution in [1.82, 2.24) is 10.6 Å². The molecule has 242 valence electrons. The minimum atomic E-state index is -5.36. The average molecular weight is 672 g/mol. The van der Waals surface area contributed by atoms with Gasteiger partial charge in [-0.15, -0.1) is 0 Å². The summed E-state index contributed by atoms with van der Waals surface area (Å²) in [6.07, 6.45) is -17.0. The van der Waals surface area contributed by atoms with Crippen LogP contribution in [0.5, 0.6) is 0 Å². The fraction of sp³-hybridized carbons (Fsp3) is 0.357. The highest BCUT2D eigenvalue weighted by Gasteiger charge is 2.63. The van der Waals surface area contributed by atoms with Crippen LogP contribution in [-0.4, -0.2) is 55.8 Å². The number of fused-ring (bicyclic) bond motifs is 1. The van der Waals surface area contributed by atoms with Gasteiger partial charge in [0.2, 0.25) is 0 Å². The number of hydrogen-bond donors (Lipinski definition) is 2. The van der Waals surface area contributed by atoms with Gasteiger partial charge in [-0.2, -0.15) is 39.5 Å². The molecule has 1 saturated heterocycles. The van der Waals surface area contributed by atoms with E-state index < -0.39 is 77.1 Å². The van der Waals surface area contributed by atoms with E-state index in [1.54, 1.807) is 6.07 Å². The summed E-state index contributed by atoms with van der Waals surface area (Å²) in [5, 5.41) is 7.73. The third-order valence-corrected chi connectivity index (χ3v) is 7.71. The van der Waals surface area contributed by atoms with Crippen molar-refractivity contribution in [1.29, 1.82) is 0 Å². The van der Waals surface area contributed by atoms with Crippen molar-refractivity contribution in [2.24, 2.45) is 5.16 Å². The normalized spacial score (nSPS) is 22.2. The van der Waals surface area contributed by atoms with E-state index in [-0.39, 0.29) is 46.8 Å². The van der Waals surface area contributed by atoms with E-state index in [0.29, 0.717) is 6.07 Å². The number of amides is 1. The monoisotopic (exact) mass is 671 g/mol. The quantitative estimate of drug-likeness (QED) is 0.269. The summed E-state index contributed by atoms with van der Waals surface area (Å²) in [7, 11) is 0. The Morgan fingerprint density at radius 3 is 2.29 bits per heavy atom. The standard InChI is InChI=1S/C28H20ClF10N3O3/c29-19-8-13(7-18(23(19)30)27(34,35)36)25(28(37,38)39)9-20(42-45-25)16-5-6-17(15-4-2-1-3-14(15)16)24(43)40-10-22-21(11-44-22)41-12-26(31,32)33/h1-8,21-22,41H,9-12H2,(H,40,43)/t21?,22?,25-/m0/s1. The fourth-order valence-electron chi connectivity index (χ4n) is 5.08. The number of oxime groups is 1. The highest BCUT2D eigenvalue weighted by molar-refractivity contribution is 6.31. The molecule has 0 saturated carbocycles. The Morgan fingerprint density at radius 1 is 1.00 bits per heavy atom. The number of carbonyl (C=O) groups excluding carboxylic acids is 1. The molecule has 17 heteroatoms. The zero-order valence-corrected chi connectivity index (χ0v) is 23.2. The number of nitrogens with one attached hydrogen (secondary N) is 2. The molecule has 0 spiro atoms. The minimum Gasteiger partial charge on any atom is -0.374 e. The van der Waals surface area contributed by atoms with Gasteiger partial charge >= 0.3 is 18.5 Å². The lowest BCUT2D eigenvalue weighted by molar-refractivity contribution is -0.276. The van der Waals surface area contributed by atoms with Gasteiger partial charge in [-0.3, -0.25) is 4.79 Å². The maximum absolute atomic E-state index is 14.5. The molecule has 1 fully saturated rings. The minimum absolute atomic E-state index is 0.0134. The molecule has 3 aromatic rings. The van der Waals surface area contributed by atoms with E-state index in [1.165, 1.54) is 30.3 Å². The fourth-order valence-corrected chi connectivity index (χ4v) is 5.30. The number of hydrogen-bond acceptors (Lipinski definition) is 5. The van der Waals surface area contributed by atoms with Gasteiger partial charge < -0.3 is 20.2 Å². The van der Waals surface area contributed by atoms with Gasteiger partial charge in [0.15, 0.2) is 5.82 Å². The van der Waals surface area contributed by atoms with Gasteiger partial charge in [-0.05, 0) is 29.0 Å². The van der Waals surface area contributed by atoms with Gasteiger partial charge in [0.05, 0.1) is 41.6 Å². The molecule has 2 N–H and O–H groups in total. The maximum atomic E-state index is 14.5. The van der Waals surface area contributed by atoms with E-state index >= 15 is 0 Å². The molecule has 3 aromatic carbocycles. The Hall–Kier alpha value is -3.63. The molecule has 2 aliphatic rings. The Morgan fingerprint density at radius 2 is 1.69 bits per heavy atom. The van der Waals surface area contributed by atoms with Crippen molar-refractivity contribution in [3.05, 3.63) is 81.6 Å². The summed E-state index contributed by atoms with van der Waals surface area (Å²) in [4.78, 5) is 17.9. The summed E-state index contributed by atoms with van der Waals surface area (Å²) in [6.45, 7) is -1.36. The van der Waals surface area contributed by atoms with Crippen LogP contribution in [0.1, 0.15) is 33.5 Å². The molecule has 2 heterocycles. The van der Waals surface area contributed by atoms with Crippen LogP contribution in [0, 0.1) is 5.82 Å². The molecule has 0 bridgehead atoms. The second-order valence-electron chi connectivity index (χ2n) is 10.3. The van der Waals surface area contributed by atoms with Crippen LogP contribution in [0.3, 0.4) is 0 Å². The first kappa shape index (κ1) is 32.8. The van der Waals surface area contributed by atoms with Crippen LogP contribution in [0.2, 0.25) is 5.02 Å². The zero-order valence-electron chi connectivity index (χ0n) is 22.4. The van der Waals surface area contributed by atoms with Crippen molar-refractivity contribution >= 4 is 34.0 Å². The molecule has 0 aromatic heterocycles. The van der Waals surface area contributed by atoms with Crippen LogP contribution < -0.4 is 10.6 Å². The predicted octanol–water partition coefficient (Wildman–Crippen LogP) is 6.88. The molecule has 5 rings (SSSR count). The largest absolute Gasteiger partial charge is 0.435 e. The van der Waals surface area contributed by atoms with Crippen LogP contribution in [-0.2, 0) is 21.4 Å². The topological polar surface area (TPSA) is 72.0 Å². The molecule has 3 atom stereocenters. The van der Waals surface area contributed by atoms with Crippen molar-refractivity contribution < 1.29 is 58.3 Å². The first-order valence-electron chi connectivity index (χ1n) is 13.0. The zero-order chi connectivity index (χ0) is 32.9. The molecule has 0 aliphatic carbocycles. The number of alkyl halides is 9. The van der Waals surface area contributed by atoms with E-state index in [1.807, 2.05) is 0 Å². The molecule has 6 nitrogen and oxygen atoms in total. The number of rotatable bonds is 7. The molecule has 1 amide bonds. The predicted molar refractivity (Wildman–Crippen MR) is 140 cm³/mol. The number of nitrogens with zero attached hydrogens (tertiary/aromatic N) is 1. The first-order valence-corrected chi connectivity index (χ1v) is 13.4. The van der Waals surface area contributed by atoms with E-state index in [2.05, 4.69) is 15.8 Å². The molecular weight excluding hydrogens is 652 g/mol. The van der Waals surface area contributed by atoms with Gasteiger partial charge in [0.25, 0.3) is 11.5 Å². The number of ether oxygens (including phenoxy) is 1. The third kappa shape index (κ3) is 6.40. The summed E-state index contributed by atoms with van der Waals surface area (Å²) < 4.78 is 141. The first-order chi connectivity index (χ1) is 20.9. The van der Waals surface area contributed by atoms with E-state index in [0.717, 1.165) is 0 Å². The lowest BCUT2D eigenvalue weighted by atomic mass is 9.84. The third-order valence-electron chi connectivity index (χ3n) is 7.43. The van der Waals surface area contributed by atoms with Crippen molar-refractivity contribution in [2.45, 2.75) is 42.7 Å². The van der Waals surface area contributed by atoms with Crippen molar-refractivity contribution in [3.63, 3.8) is 0 Å². The SMILES string of the molecule is O=C(NCC1OCC1NCC(F)(F)F)c1ccc(C2=NO[C@@](c3cc(Cl)c(F)c(C(F)(F)F)c3)(C(F)(F)F)C2)c2ccccc12. The molecule has 0 radical (unpaired) electrons. The van der Waals surface area contributed by atoms with Crippen molar-refractivity contribution in [2.75, 3.05) is 19.7 Å². The number of halogens is 11. The Balaban J connectivity index is 1.41. The van der Waals surface area contributed by atoms with E-state index in [4.69, 9.17) is 21.2 Å². The number of benzene rings is 3. The van der Waals surface area contributed by atoms with Gasteiger partial charge in [0.1, 0.15) is 0 Å².